The highest BCUT2D eigenvalue weighted by Crippen LogP contribution is 2.16. The number of amides is 1. The van der Waals surface area contributed by atoms with E-state index in [4.69, 9.17) is 5.73 Å². The molecular formula is C10H10N2O4. The Balaban J connectivity index is 2.90. The molecule has 1 amide bonds. The zero-order chi connectivity index (χ0) is 12.1. The second-order valence-electron chi connectivity index (χ2n) is 3.05. The minimum Gasteiger partial charge on any atom is -0.366 e. The number of hydrogen-bond donors (Lipinski definition) is 2. The highest BCUT2D eigenvalue weighted by molar-refractivity contribution is 6.20. The van der Waals surface area contributed by atoms with Gasteiger partial charge >= 0.3 is 5.97 Å². The van der Waals surface area contributed by atoms with Crippen molar-refractivity contribution in [2.45, 2.75) is 6.92 Å². The molecule has 6 heteroatoms. The van der Waals surface area contributed by atoms with Crippen molar-refractivity contribution in [3.8, 4) is 0 Å². The lowest BCUT2D eigenvalue weighted by molar-refractivity contribution is -0.146. The van der Waals surface area contributed by atoms with Crippen LogP contribution >= 0.6 is 0 Å². The summed E-state index contributed by atoms with van der Waals surface area (Å²) in [6.07, 6.45) is 0.00509. The van der Waals surface area contributed by atoms with Gasteiger partial charge in [-0.2, -0.15) is 0 Å². The molecule has 0 aliphatic heterocycles. The second kappa shape index (κ2) is 4.92. The van der Waals surface area contributed by atoms with E-state index in [0.29, 0.717) is 0 Å². The molecule has 3 N–H and O–H groups in total. The topological polar surface area (TPSA) is 98.5 Å². The Hall–Kier alpha value is -2.37. The second-order valence-corrected chi connectivity index (χ2v) is 3.05. The molecule has 1 rings (SSSR count). The fourth-order valence-corrected chi connectivity index (χ4v) is 1.08. The number of hydrogen-bond acceptors (Lipinski definition) is 5. The van der Waals surface area contributed by atoms with Crippen molar-refractivity contribution in [1.29, 1.82) is 0 Å². The summed E-state index contributed by atoms with van der Waals surface area (Å²) in [5, 5.41) is 0. The quantitative estimate of drug-likeness (QED) is 0.429. The van der Waals surface area contributed by atoms with Gasteiger partial charge in [0.25, 0.3) is 5.91 Å². The molecular weight excluding hydrogens is 212 g/mol. The molecule has 0 bridgehead atoms. The maximum Gasteiger partial charge on any atom is 0.395 e. The highest BCUT2D eigenvalue weighted by atomic mass is 16.7. The first-order valence-electron chi connectivity index (χ1n) is 4.37. The van der Waals surface area contributed by atoms with Gasteiger partial charge in [-0.1, -0.05) is 11.6 Å². The standard InChI is InChI=1S/C10H10N2O4/c1-6-2-3-8(7(4-6)10(11)15)12-16-9(14)5-13/h2-5,12H,1H3,(H2,11,15). The van der Waals surface area contributed by atoms with Gasteiger partial charge in [0.15, 0.2) is 0 Å². The molecule has 16 heavy (non-hydrogen) atoms. The van der Waals surface area contributed by atoms with Crippen molar-refractivity contribution in [2.75, 3.05) is 5.48 Å². The summed E-state index contributed by atoms with van der Waals surface area (Å²) < 4.78 is 0. The molecule has 0 aliphatic carbocycles. The van der Waals surface area contributed by atoms with Gasteiger partial charge in [0.2, 0.25) is 6.29 Å². The summed E-state index contributed by atoms with van der Waals surface area (Å²) >= 11 is 0. The average molecular weight is 222 g/mol. The van der Waals surface area contributed by atoms with Crippen LogP contribution in [0.15, 0.2) is 18.2 Å². The Bertz CT molecular complexity index is 442. The zero-order valence-electron chi connectivity index (χ0n) is 8.52. The maximum absolute atomic E-state index is 11.1. The number of nitrogens with one attached hydrogen (secondary N) is 1. The van der Waals surface area contributed by atoms with Crippen LogP contribution in [0.1, 0.15) is 15.9 Å². The van der Waals surface area contributed by atoms with Crippen LogP contribution in [-0.4, -0.2) is 18.2 Å². The summed E-state index contributed by atoms with van der Waals surface area (Å²) in [4.78, 5) is 36.0. The van der Waals surface area contributed by atoms with Crippen molar-refractivity contribution in [3.05, 3.63) is 29.3 Å². The Labute approximate surface area is 91.3 Å². The molecule has 0 aliphatic rings. The Kier molecular flexibility index (Phi) is 3.60. The molecule has 0 atom stereocenters. The molecule has 0 heterocycles. The van der Waals surface area contributed by atoms with Gasteiger partial charge in [-0.05, 0) is 19.1 Å². The van der Waals surface area contributed by atoms with E-state index in [1.54, 1.807) is 19.1 Å². The summed E-state index contributed by atoms with van der Waals surface area (Å²) in [6.45, 7) is 1.79. The number of aryl methyl sites for hydroxylation is 1. The van der Waals surface area contributed by atoms with Crippen LogP contribution in [0.5, 0.6) is 0 Å². The smallest absolute Gasteiger partial charge is 0.366 e. The van der Waals surface area contributed by atoms with E-state index in [1.807, 2.05) is 0 Å². The maximum atomic E-state index is 11.1. The zero-order valence-corrected chi connectivity index (χ0v) is 8.52. The lowest BCUT2D eigenvalue weighted by Crippen LogP contribution is -2.17. The van der Waals surface area contributed by atoms with Crippen LogP contribution in [-0.2, 0) is 14.4 Å². The average Bonchev–Trinajstić information content (AvgIpc) is 2.26. The van der Waals surface area contributed by atoms with Gasteiger partial charge in [0.05, 0.1) is 11.3 Å². The van der Waals surface area contributed by atoms with Crippen molar-refractivity contribution in [2.24, 2.45) is 5.73 Å². The first-order valence-corrected chi connectivity index (χ1v) is 4.37. The molecule has 0 unspecified atom stereocenters. The van der Waals surface area contributed by atoms with E-state index < -0.39 is 11.9 Å². The number of rotatable bonds is 4. The number of anilines is 1. The van der Waals surface area contributed by atoms with E-state index in [2.05, 4.69) is 10.3 Å². The van der Waals surface area contributed by atoms with Gasteiger partial charge in [-0.15, -0.1) is 0 Å². The fraction of sp³-hybridized carbons (Fsp3) is 0.100. The minimum absolute atomic E-state index is 0.00509. The lowest BCUT2D eigenvalue weighted by Gasteiger charge is -2.08. The van der Waals surface area contributed by atoms with E-state index in [9.17, 15) is 14.4 Å². The van der Waals surface area contributed by atoms with Crippen LogP contribution in [0.3, 0.4) is 0 Å². The summed E-state index contributed by atoms with van der Waals surface area (Å²) in [5.74, 6) is -1.75. The third-order valence-electron chi connectivity index (χ3n) is 1.80. The SMILES string of the molecule is Cc1ccc(NOC(=O)C=O)c(C(N)=O)c1. The van der Waals surface area contributed by atoms with Gasteiger partial charge in [0, 0.05) is 0 Å². The third kappa shape index (κ3) is 2.81. The van der Waals surface area contributed by atoms with Crippen molar-refractivity contribution >= 4 is 23.9 Å². The molecule has 84 valence electrons. The molecule has 0 aromatic heterocycles. The molecule has 1 aromatic carbocycles. The van der Waals surface area contributed by atoms with Crippen LogP contribution < -0.4 is 11.2 Å². The molecule has 0 fully saturated rings. The number of carbonyl (C=O) groups excluding carboxylic acids is 3. The Morgan fingerprint density at radius 2 is 2.12 bits per heavy atom. The summed E-state index contributed by atoms with van der Waals surface area (Å²) in [5.41, 5.74) is 8.57. The number of nitrogens with two attached hydrogens (primary N) is 1. The van der Waals surface area contributed by atoms with Gasteiger partial charge in [-0.25, -0.2) is 10.3 Å². The fourth-order valence-electron chi connectivity index (χ4n) is 1.08. The third-order valence-corrected chi connectivity index (χ3v) is 1.80. The van der Waals surface area contributed by atoms with Crippen LogP contribution in [0, 0.1) is 6.92 Å². The van der Waals surface area contributed by atoms with Crippen molar-refractivity contribution in [1.82, 2.24) is 0 Å². The van der Waals surface area contributed by atoms with Gasteiger partial charge < -0.3 is 10.6 Å². The normalized spacial score (nSPS) is 9.31. The number of primary amides is 1. The lowest BCUT2D eigenvalue weighted by atomic mass is 10.1. The monoisotopic (exact) mass is 222 g/mol. The van der Waals surface area contributed by atoms with Crippen LogP contribution in [0.2, 0.25) is 0 Å². The molecule has 0 spiro atoms. The van der Waals surface area contributed by atoms with E-state index in [0.717, 1.165) is 5.56 Å². The van der Waals surface area contributed by atoms with Gasteiger partial charge in [0.1, 0.15) is 0 Å². The van der Waals surface area contributed by atoms with Gasteiger partial charge in [-0.3, -0.25) is 9.59 Å². The van der Waals surface area contributed by atoms with E-state index in [1.165, 1.54) is 6.07 Å². The summed E-state index contributed by atoms with van der Waals surface area (Å²) in [6, 6.07) is 4.76. The van der Waals surface area contributed by atoms with Crippen molar-refractivity contribution in [3.63, 3.8) is 0 Å². The predicted molar refractivity (Wildman–Crippen MR) is 55.5 cm³/mol. The number of aldehydes is 1. The Morgan fingerprint density at radius 3 is 2.69 bits per heavy atom. The molecule has 6 nitrogen and oxygen atoms in total. The van der Waals surface area contributed by atoms with Crippen LogP contribution in [0.25, 0.3) is 0 Å². The molecule has 0 radical (unpaired) electrons. The largest absolute Gasteiger partial charge is 0.395 e. The van der Waals surface area contributed by atoms with Crippen molar-refractivity contribution < 1.29 is 19.2 Å². The minimum atomic E-state index is -1.09. The molecule has 0 saturated carbocycles. The molecule has 1 aromatic rings. The van der Waals surface area contributed by atoms with E-state index >= 15 is 0 Å². The Morgan fingerprint density at radius 1 is 1.44 bits per heavy atom. The predicted octanol–water partition coefficient (Wildman–Crippen LogP) is 0.163. The number of benzene rings is 1. The first-order chi connectivity index (χ1) is 7.54. The molecule has 0 saturated heterocycles. The van der Waals surface area contributed by atoms with E-state index in [-0.39, 0.29) is 17.5 Å². The highest BCUT2D eigenvalue weighted by Gasteiger charge is 2.09. The number of carbonyl (C=O) groups is 3. The first kappa shape index (κ1) is 11.7. The van der Waals surface area contributed by atoms with Crippen LogP contribution in [0.4, 0.5) is 5.69 Å². The summed E-state index contributed by atoms with van der Waals surface area (Å²) in [7, 11) is 0.